The first-order valence-electron chi connectivity index (χ1n) is 7.43. The molecule has 1 saturated heterocycles. The van der Waals surface area contributed by atoms with Crippen LogP contribution in [0.1, 0.15) is 19.4 Å². The van der Waals surface area contributed by atoms with Crippen LogP contribution in [0.5, 0.6) is 5.75 Å². The zero-order valence-corrected chi connectivity index (χ0v) is 12.2. The van der Waals surface area contributed by atoms with Gasteiger partial charge in [0.15, 0.2) is 0 Å². The summed E-state index contributed by atoms with van der Waals surface area (Å²) >= 11 is 0. The Kier molecular flexibility index (Phi) is 5.67. The molecule has 1 aromatic rings. The molecule has 0 spiro atoms. The third kappa shape index (κ3) is 4.51. The van der Waals surface area contributed by atoms with E-state index < -0.39 is 0 Å². The highest BCUT2D eigenvalue weighted by Crippen LogP contribution is 2.19. The highest BCUT2D eigenvalue weighted by atomic mass is 16.5. The molecule has 1 fully saturated rings. The van der Waals surface area contributed by atoms with E-state index in [1.807, 2.05) is 0 Å². The Morgan fingerprint density at radius 2 is 2.00 bits per heavy atom. The molecule has 2 rings (SSSR count). The van der Waals surface area contributed by atoms with Crippen molar-refractivity contribution in [1.82, 2.24) is 10.2 Å². The van der Waals surface area contributed by atoms with E-state index in [1.165, 1.54) is 5.56 Å². The van der Waals surface area contributed by atoms with Crippen molar-refractivity contribution in [2.75, 3.05) is 39.3 Å². The van der Waals surface area contributed by atoms with Gasteiger partial charge in [-0.1, -0.05) is 32.0 Å². The van der Waals surface area contributed by atoms with Crippen LogP contribution < -0.4 is 10.1 Å². The maximum Gasteiger partial charge on any atom is 0.122 e. The predicted molar refractivity (Wildman–Crippen MR) is 79.8 cm³/mol. The molecule has 1 N–H and O–H groups in total. The number of ether oxygens (including phenoxy) is 1. The van der Waals surface area contributed by atoms with E-state index in [0.29, 0.717) is 5.92 Å². The Morgan fingerprint density at radius 1 is 1.26 bits per heavy atom. The fourth-order valence-electron chi connectivity index (χ4n) is 2.56. The molecule has 1 aromatic carbocycles. The van der Waals surface area contributed by atoms with E-state index in [4.69, 9.17) is 4.74 Å². The minimum absolute atomic E-state index is 0.572. The Morgan fingerprint density at radius 3 is 2.74 bits per heavy atom. The summed E-state index contributed by atoms with van der Waals surface area (Å²) in [6.07, 6.45) is 1.03. The monoisotopic (exact) mass is 262 g/mol. The van der Waals surface area contributed by atoms with Crippen molar-refractivity contribution in [3.63, 3.8) is 0 Å². The standard InChI is InChI=1S/C16H26N2O/c1-3-15-6-4-5-7-16(15)19-13-14(2)12-18-10-8-17-9-11-18/h4-7,14,17H,3,8-13H2,1-2H3. The van der Waals surface area contributed by atoms with Crippen molar-refractivity contribution in [2.24, 2.45) is 5.92 Å². The number of benzene rings is 1. The first-order chi connectivity index (χ1) is 9.29. The number of piperazine rings is 1. The van der Waals surface area contributed by atoms with Crippen LogP contribution in [0, 0.1) is 5.92 Å². The van der Waals surface area contributed by atoms with Gasteiger partial charge < -0.3 is 15.0 Å². The summed E-state index contributed by atoms with van der Waals surface area (Å²) in [4.78, 5) is 2.52. The summed E-state index contributed by atoms with van der Waals surface area (Å²) in [6, 6.07) is 8.36. The number of para-hydroxylation sites is 1. The molecule has 1 heterocycles. The normalized spacial score (nSPS) is 18.2. The lowest BCUT2D eigenvalue weighted by atomic mass is 10.1. The van der Waals surface area contributed by atoms with Crippen LogP contribution in [0.15, 0.2) is 24.3 Å². The molecule has 3 nitrogen and oxygen atoms in total. The van der Waals surface area contributed by atoms with Crippen LogP contribution in [0.2, 0.25) is 0 Å². The van der Waals surface area contributed by atoms with Gasteiger partial charge >= 0.3 is 0 Å². The van der Waals surface area contributed by atoms with Crippen LogP contribution in [0.4, 0.5) is 0 Å². The summed E-state index contributed by atoms with van der Waals surface area (Å²) in [5.41, 5.74) is 1.30. The summed E-state index contributed by atoms with van der Waals surface area (Å²) in [7, 11) is 0. The van der Waals surface area contributed by atoms with Gasteiger partial charge in [-0.25, -0.2) is 0 Å². The average molecular weight is 262 g/mol. The highest BCUT2D eigenvalue weighted by molar-refractivity contribution is 5.33. The van der Waals surface area contributed by atoms with Gasteiger partial charge in [0.2, 0.25) is 0 Å². The van der Waals surface area contributed by atoms with Crippen molar-refractivity contribution in [3.8, 4) is 5.75 Å². The molecule has 0 bridgehead atoms. The molecule has 1 aliphatic heterocycles. The molecule has 19 heavy (non-hydrogen) atoms. The van der Waals surface area contributed by atoms with E-state index >= 15 is 0 Å². The lowest BCUT2D eigenvalue weighted by Crippen LogP contribution is -2.45. The van der Waals surface area contributed by atoms with Crippen LogP contribution in [-0.2, 0) is 6.42 Å². The first-order valence-corrected chi connectivity index (χ1v) is 7.43. The molecule has 0 aromatic heterocycles. The lowest BCUT2D eigenvalue weighted by Gasteiger charge is -2.29. The SMILES string of the molecule is CCc1ccccc1OCC(C)CN1CCNCC1. The molecule has 1 unspecified atom stereocenters. The second-order valence-corrected chi connectivity index (χ2v) is 5.43. The summed E-state index contributed by atoms with van der Waals surface area (Å²) in [5, 5.41) is 3.39. The zero-order valence-electron chi connectivity index (χ0n) is 12.2. The third-order valence-corrected chi connectivity index (χ3v) is 3.66. The van der Waals surface area contributed by atoms with Gasteiger partial charge in [-0.05, 0) is 18.1 Å². The quantitative estimate of drug-likeness (QED) is 0.850. The Hall–Kier alpha value is -1.06. The molecule has 0 amide bonds. The van der Waals surface area contributed by atoms with Crippen LogP contribution in [0.3, 0.4) is 0 Å². The fraction of sp³-hybridized carbons (Fsp3) is 0.625. The lowest BCUT2D eigenvalue weighted by molar-refractivity contribution is 0.171. The Balaban J connectivity index is 1.77. The molecular formula is C16H26N2O. The maximum absolute atomic E-state index is 5.99. The number of nitrogens with one attached hydrogen (secondary N) is 1. The summed E-state index contributed by atoms with van der Waals surface area (Å²) in [5.74, 6) is 1.63. The number of hydrogen-bond acceptors (Lipinski definition) is 3. The number of nitrogens with zero attached hydrogens (tertiary/aromatic N) is 1. The van der Waals surface area contributed by atoms with Gasteiger partial charge in [0.1, 0.15) is 5.75 Å². The topological polar surface area (TPSA) is 24.5 Å². The van der Waals surface area contributed by atoms with Crippen molar-refractivity contribution >= 4 is 0 Å². The Labute approximate surface area is 116 Å². The minimum Gasteiger partial charge on any atom is -0.493 e. The molecular weight excluding hydrogens is 236 g/mol. The van der Waals surface area contributed by atoms with Crippen molar-refractivity contribution in [1.29, 1.82) is 0 Å². The summed E-state index contributed by atoms with van der Waals surface area (Å²) in [6.45, 7) is 10.9. The summed E-state index contributed by atoms with van der Waals surface area (Å²) < 4.78 is 5.99. The van der Waals surface area contributed by atoms with Gasteiger partial charge in [0, 0.05) is 38.6 Å². The third-order valence-electron chi connectivity index (χ3n) is 3.66. The van der Waals surface area contributed by atoms with E-state index in [1.54, 1.807) is 0 Å². The van der Waals surface area contributed by atoms with Gasteiger partial charge in [0.05, 0.1) is 6.61 Å². The molecule has 3 heteroatoms. The smallest absolute Gasteiger partial charge is 0.122 e. The number of hydrogen-bond donors (Lipinski definition) is 1. The minimum atomic E-state index is 0.572. The van der Waals surface area contributed by atoms with Crippen molar-refractivity contribution in [2.45, 2.75) is 20.3 Å². The Bertz CT molecular complexity index is 375. The van der Waals surface area contributed by atoms with Crippen molar-refractivity contribution in [3.05, 3.63) is 29.8 Å². The van der Waals surface area contributed by atoms with Crippen LogP contribution in [-0.4, -0.2) is 44.2 Å². The average Bonchev–Trinajstić information content (AvgIpc) is 2.46. The molecule has 1 aliphatic rings. The maximum atomic E-state index is 5.99. The number of aryl methyl sites for hydroxylation is 1. The highest BCUT2D eigenvalue weighted by Gasteiger charge is 2.13. The molecule has 0 saturated carbocycles. The van der Waals surface area contributed by atoms with Crippen LogP contribution >= 0.6 is 0 Å². The molecule has 0 aliphatic carbocycles. The number of rotatable bonds is 6. The predicted octanol–water partition coefficient (Wildman–Crippen LogP) is 2.17. The van der Waals surface area contributed by atoms with E-state index in [9.17, 15) is 0 Å². The largest absolute Gasteiger partial charge is 0.493 e. The van der Waals surface area contributed by atoms with Gasteiger partial charge in [0.25, 0.3) is 0 Å². The second kappa shape index (κ2) is 7.51. The van der Waals surface area contributed by atoms with Gasteiger partial charge in [-0.2, -0.15) is 0 Å². The first kappa shape index (κ1) is 14.4. The second-order valence-electron chi connectivity index (χ2n) is 5.43. The molecule has 1 atom stereocenters. The van der Waals surface area contributed by atoms with Gasteiger partial charge in [-0.15, -0.1) is 0 Å². The molecule has 106 valence electrons. The van der Waals surface area contributed by atoms with Crippen LogP contribution in [0.25, 0.3) is 0 Å². The van der Waals surface area contributed by atoms with E-state index in [0.717, 1.165) is 51.5 Å². The molecule has 0 radical (unpaired) electrons. The zero-order chi connectivity index (χ0) is 13.5. The van der Waals surface area contributed by atoms with E-state index in [-0.39, 0.29) is 0 Å². The fourth-order valence-corrected chi connectivity index (χ4v) is 2.56. The van der Waals surface area contributed by atoms with Gasteiger partial charge in [-0.3, -0.25) is 0 Å². The van der Waals surface area contributed by atoms with E-state index in [2.05, 4.69) is 48.3 Å². The van der Waals surface area contributed by atoms with Crippen molar-refractivity contribution < 1.29 is 4.74 Å².